The summed E-state index contributed by atoms with van der Waals surface area (Å²) in [6, 6.07) is -0.589. The smallest absolute Gasteiger partial charge is 0.326 e. The van der Waals surface area contributed by atoms with Crippen LogP contribution in [0, 0.1) is 5.92 Å². The lowest BCUT2D eigenvalue weighted by Crippen LogP contribution is -2.31. The van der Waals surface area contributed by atoms with Crippen LogP contribution >= 0.6 is 0 Å². The highest BCUT2D eigenvalue weighted by Gasteiger charge is 2.36. The topological polar surface area (TPSA) is 84.3 Å². The van der Waals surface area contributed by atoms with Crippen molar-refractivity contribution in [2.45, 2.75) is 38.8 Å². The van der Waals surface area contributed by atoms with Gasteiger partial charge in [-0.15, -0.1) is 0 Å². The molecule has 0 aromatic carbocycles. The lowest BCUT2D eigenvalue weighted by atomic mass is 10.2. The van der Waals surface area contributed by atoms with Gasteiger partial charge < -0.3 is 15.2 Å². The van der Waals surface area contributed by atoms with E-state index in [4.69, 9.17) is 9.84 Å². The predicted octanol–water partition coefficient (Wildman–Crippen LogP) is 1.54. The zero-order valence-electron chi connectivity index (χ0n) is 10.5. The van der Waals surface area contributed by atoms with E-state index in [1.54, 1.807) is 0 Å². The Morgan fingerprint density at radius 3 is 2.78 bits per heavy atom. The van der Waals surface area contributed by atoms with E-state index in [2.05, 4.69) is 15.3 Å². The van der Waals surface area contributed by atoms with Gasteiger partial charge in [0.2, 0.25) is 5.88 Å². The molecule has 2 rings (SSSR count). The molecule has 2 N–H and O–H groups in total. The van der Waals surface area contributed by atoms with Crippen LogP contribution in [0.1, 0.15) is 26.7 Å². The van der Waals surface area contributed by atoms with Gasteiger partial charge in [-0.25, -0.2) is 4.79 Å². The van der Waals surface area contributed by atoms with Gasteiger partial charge in [-0.3, -0.25) is 4.98 Å². The van der Waals surface area contributed by atoms with Gasteiger partial charge in [0.15, 0.2) is 0 Å². The molecule has 1 aromatic rings. The fourth-order valence-electron chi connectivity index (χ4n) is 1.69. The van der Waals surface area contributed by atoms with Crippen LogP contribution < -0.4 is 10.1 Å². The van der Waals surface area contributed by atoms with Crippen LogP contribution in [-0.4, -0.2) is 33.2 Å². The van der Waals surface area contributed by atoms with E-state index in [-0.39, 0.29) is 12.0 Å². The van der Waals surface area contributed by atoms with Crippen molar-refractivity contribution in [2.75, 3.05) is 5.32 Å². The second-order valence-electron chi connectivity index (χ2n) is 4.71. The normalized spacial score (nSPS) is 16.4. The van der Waals surface area contributed by atoms with Gasteiger partial charge in [0, 0.05) is 0 Å². The lowest BCUT2D eigenvalue weighted by molar-refractivity contribution is -0.138. The van der Waals surface area contributed by atoms with Crippen molar-refractivity contribution < 1.29 is 14.6 Å². The third kappa shape index (κ3) is 3.32. The van der Waals surface area contributed by atoms with Crippen molar-refractivity contribution >= 4 is 11.8 Å². The van der Waals surface area contributed by atoms with Gasteiger partial charge in [0.05, 0.1) is 18.5 Å². The molecule has 1 heterocycles. The molecule has 1 atom stereocenters. The lowest BCUT2D eigenvalue weighted by Gasteiger charge is -2.15. The van der Waals surface area contributed by atoms with Gasteiger partial charge >= 0.3 is 5.97 Å². The highest BCUT2D eigenvalue weighted by atomic mass is 16.5. The Morgan fingerprint density at radius 1 is 1.50 bits per heavy atom. The molecule has 1 aliphatic carbocycles. The van der Waals surface area contributed by atoms with E-state index in [0.717, 1.165) is 12.8 Å². The third-order valence-electron chi connectivity index (χ3n) is 2.63. The number of carboxylic acid groups (broad SMARTS) is 1. The van der Waals surface area contributed by atoms with Gasteiger partial charge in [-0.2, -0.15) is 4.98 Å². The molecule has 18 heavy (non-hydrogen) atoms. The van der Waals surface area contributed by atoms with E-state index >= 15 is 0 Å². The fourth-order valence-corrected chi connectivity index (χ4v) is 1.69. The SMILES string of the molecule is CC(C)Oc1cncc(NC(C(=O)O)C2CC2)n1. The molecule has 6 heteroatoms. The quantitative estimate of drug-likeness (QED) is 0.797. The standard InChI is InChI=1S/C12H17N3O3/c1-7(2)18-10-6-13-5-9(14-10)15-11(12(16)17)8-3-4-8/h5-8,11H,3-4H2,1-2H3,(H,14,15)(H,16,17). The molecule has 98 valence electrons. The monoisotopic (exact) mass is 251 g/mol. The van der Waals surface area contributed by atoms with Crippen LogP contribution in [0.3, 0.4) is 0 Å². The second-order valence-corrected chi connectivity index (χ2v) is 4.71. The maximum atomic E-state index is 11.1. The number of carboxylic acids is 1. The van der Waals surface area contributed by atoms with Crippen LogP contribution in [0.5, 0.6) is 5.88 Å². The van der Waals surface area contributed by atoms with Crippen molar-refractivity contribution in [3.63, 3.8) is 0 Å². The molecular formula is C12H17N3O3. The Morgan fingerprint density at radius 2 is 2.22 bits per heavy atom. The first kappa shape index (κ1) is 12.6. The average Bonchev–Trinajstić information content (AvgIpc) is 3.09. The van der Waals surface area contributed by atoms with Crippen molar-refractivity contribution in [1.29, 1.82) is 0 Å². The van der Waals surface area contributed by atoms with Crippen LogP contribution in [0.2, 0.25) is 0 Å². The van der Waals surface area contributed by atoms with E-state index in [1.165, 1.54) is 12.4 Å². The first-order chi connectivity index (χ1) is 8.56. The predicted molar refractivity (Wildman–Crippen MR) is 65.6 cm³/mol. The number of aromatic nitrogens is 2. The highest BCUT2D eigenvalue weighted by molar-refractivity contribution is 5.77. The zero-order valence-corrected chi connectivity index (χ0v) is 10.5. The summed E-state index contributed by atoms with van der Waals surface area (Å²) in [6.45, 7) is 3.79. The molecule has 1 fully saturated rings. The molecule has 1 aromatic heterocycles. The highest BCUT2D eigenvalue weighted by Crippen LogP contribution is 2.34. The minimum atomic E-state index is -0.852. The second kappa shape index (κ2) is 5.20. The number of nitrogens with zero attached hydrogens (tertiary/aromatic N) is 2. The van der Waals surface area contributed by atoms with E-state index in [9.17, 15) is 4.79 Å². The van der Waals surface area contributed by atoms with Gasteiger partial charge in [0.1, 0.15) is 11.9 Å². The number of nitrogens with one attached hydrogen (secondary N) is 1. The fraction of sp³-hybridized carbons (Fsp3) is 0.583. The summed E-state index contributed by atoms with van der Waals surface area (Å²) < 4.78 is 5.41. The summed E-state index contributed by atoms with van der Waals surface area (Å²) in [7, 11) is 0. The molecule has 6 nitrogen and oxygen atoms in total. The van der Waals surface area contributed by atoms with Gasteiger partial charge in [0.25, 0.3) is 0 Å². The molecule has 0 spiro atoms. The first-order valence-electron chi connectivity index (χ1n) is 6.04. The minimum Gasteiger partial charge on any atom is -0.480 e. The Balaban J connectivity index is 2.05. The molecule has 0 saturated heterocycles. The molecule has 0 amide bonds. The maximum absolute atomic E-state index is 11.1. The van der Waals surface area contributed by atoms with Crippen LogP contribution in [0.4, 0.5) is 5.82 Å². The first-order valence-corrected chi connectivity index (χ1v) is 6.04. The number of rotatable bonds is 6. The van der Waals surface area contributed by atoms with Gasteiger partial charge in [-0.1, -0.05) is 0 Å². The number of hydrogen-bond acceptors (Lipinski definition) is 5. The van der Waals surface area contributed by atoms with Crippen molar-refractivity contribution in [1.82, 2.24) is 9.97 Å². The van der Waals surface area contributed by atoms with Crippen molar-refractivity contribution in [3.05, 3.63) is 12.4 Å². The Labute approximate surface area is 105 Å². The number of hydrogen-bond donors (Lipinski definition) is 2. The number of carbonyl (C=O) groups is 1. The van der Waals surface area contributed by atoms with Crippen LogP contribution in [0.25, 0.3) is 0 Å². The van der Waals surface area contributed by atoms with E-state index in [0.29, 0.717) is 11.7 Å². The van der Waals surface area contributed by atoms with Crippen molar-refractivity contribution in [3.8, 4) is 5.88 Å². The van der Waals surface area contributed by atoms with E-state index < -0.39 is 12.0 Å². The zero-order chi connectivity index (χ0) is 13.1. The molecule has 1 aliphatic rings. The number of ether oxygens (including phenoxy) is 1. The molecule has 1 saturated carbocycles. The average molecular weight is 251 g/mol. The summed E-state index contributed by atoms with van der Waals surface area (Å²) in [5.41, 5.74) is 0. The summed E-state index contributed by atoms with van der Waals surface area (Å²) in [4.78, 5) is 19.3. The molecule has 0 radical (unpaired) electrons. The summed E-state index contributed by atoms with van der Waals surface area (Å²) >= 11 is 0. The summed E-state index contributed by atoms with van der Waals surface area (Å²) in [5, 5.41) is 12.0. The third-order valence-corrected chi connectivity index (χ3v) is 2.63. The minimum absolute atomic E-state index is 0.00764. The Bertz CT molecular complexity index is 432. The molecule has 1 unspecified atom stereocenters. The van der Waals surface area contributed by atoms with E-state index in [1.807, 2.05) is 13.8 Å². The van der Waals surface area contributed by atoms with Gasteiger partial charge in [-0.05, 0) is 32.6 Å². The Kier molecular flexibility index (Phi) is 3.64. The summed E-state index contributed by atoms with van der Waals surface area (Å²) in [6.07, 6.45) is 4.91. The Hall–Kier alpha value is -1.85. The molecule has 0 aliphatic heterocycles. The number of anilines is 1. The summed E-state index contributed by atoms with van der Waals surface area (Å²) in [5.74, 6) is 0.177. The maximum Gasteiger partial charge on any atom is 0.326 e. The number of aliphatic carboxylic acids is 1. The molecule has 0 bridgehead atoms. The van der Waals surface area contributed by atoms with Crippen LogP contribution in [-0.2, 0) is 4.79 Å². The van der Waals surface area contributed by atoms with Crippen LogP contribution in [0.15, 0.2) is 12.4 Å². The van der Waals surface area contributed by atoms with Crippen molar-refractivity contribution in [2.24, 2.45) is 5.92 Å². The largest absolute Gasteiger partial charge is 0.480 e. The molecular weight excluding hydrogens is 234 g/mol.